The summed E-state index contributed by atoms with van der Waals surface area (Å²) < 4.78 is 55.4. The van der Waals surface area contributed by atoms with E-state index in [9.17, 15) is 51.9 Å². The van der Waals surface area contributed by atoms with Crippen molar-refractivity contribution in [1.82, 2.24) is 40.5 Å². The number of carbonyl (C=O) groups excluding carboxylic acids is 6. The van der Waals surface area contributed by atoms with Gasteiger partial charge in [-0.15, -0.1) is 6.58 Å². The van der Waals surface area contributed by atoms with Gasteiger partial charge in [-0.05, 0) is 152 Å². The Morgan fingerprint density at radius 3 is 2.29 bits per heavy atom. The first-order valence-corrected chi connectivity index (χ1v) is 36.4. The molecular weight excluding hydrogens is 1240 g/mol. The van der Waals surface area contributed by atoms with Crippen LogP contribution < -0.4 is 30.7 Å². The molecule has 0 bridgehead atoms. The molecule has 3 aliphatic heterocycles. The molecule has 22 nitrogen and oxygen atoms in total. The molecule has 4 aliphatic carbocycles. The van der Waals surface area contributed by atoms with E-state index in [0.717, 1.165) is 67.2 Å². The number of rotatable bonds is 26. The maximum atomic E-state index is 15.0. The monoisotopic (exact) mass is 1340 g/mol. The number of nitrogens with one attached hydrogen (secondary N) is 6. The maximum absolute atomic E-state index is 15.0. The molecule has 3 aromatic rings. The zero-order valence-electron chi connectivity index (χ0n) is 54.8. The van der Waals surface area contributed by atoms with E-state index in [0.29, 0.717) is 56.9 Å². The van der Waals surface area contributed by atoms with Crippen LogP contribution in [0.3, 0.4) is 0 Å². The first kappa shape index (κ1) is 70.4. The van der Waals surface area contributed by atoms with Gasteiger partial charge in [0.25, 0.3) is 11.8 Å². The van der Waals surface area contributed by atoms with Crippen molar-refractivity contribution >= 4 is 56.6 Å². The van der Waals surface area contributed by atoms with E-state index < -0.39 is 127 Å². The van der Waals surface area contributed by atoms with Crippen LogP contribution in [-0.4, -0.2) is 156 Å². The highest BCUT2D eigenvalue weighted by molar-refractivity contribution is 7.91. The Morgan fingerprint density at radius 1 is 0.872 bits per heavy atom. The zero-order chi connectivity index (χ0) is 67.4. The van der Waals surface area contributed by atoms with Crippen molar-refractivity contribution in [2.45, 2.75) is 244 Å². The number of fused-ring (bicyclic) bond motifs is 2. The number of sulfonamides is 1. The quantitative estimate of drug-likeness (QED) is 0.0235. The molecular formula is C70H96N8O14S2. The number of aliphatic hydroxyl groups is 3. The Labute approximate surface area is 555 Å². The molecule has 0 radical (unpaired) electrons. The Hall–Kier alpha value is -6.38. The predicted octanol–water partition coefficient (Wildman–Crippen LogP) is 6.51. The summed E-state index contributed by atoms with van der Waals surface area (Å²) in [6.07, 6.45) is 12.0. The first-order valence-electron chi connectivity index (χ1n) is 33.6. The normalized spacial score (nSPS) is 27.3. The van der Waals surface area contributed by atoms with E-state index in [2.05, 4.69) is 37.3 Å². The van der Waals surface area contributed by atoms with Crippen molar-refractivity contribution in [3.05, 3.63) is 120 Å². The number of carbonyl (C=O) groups is 6. The van der Waals surface area contributed by atoms with Gasteiger partial charge >= 0.3 is 6.09 Å². The highest BCUT2D eigenvalue weighted by Crippen LogP contribution is 2.47. The molecule has 512 valence electrons. The molecule has 4 unspecified atom stereocenters. The number of hydrogen-bond donors (Lipinski definition) is 9. The van der Waals surface area contributed by atoms with Gasteiger partial charge in [-0.1, -0.05) is 123 Å². The predicted molar refractivity (Wildman–Crippen MR) is 355 cm³/mol. The average Bonchev–Trinajstić information content (AvgIpc) is 1.58. The lowest BCUT2D eigenvalue weighted by Crippen LogP contribution is -2.60. The van der Waals surface area contributed by atoms with Crippen LogP contribution in [0, 0.1) is 5.92 Å². The van der Waals surface area contributed by atoms with E-state index in [1.165, 1.54) is 9.80 Å². The number of allylic oxidation sites excluding steroid dienone is 2. The summed E-state index contributed by atoms with van der Waals surface area (Å²) in [6.45, 7) is 12.7. The minimum absolute atomic E-state index is 0.102. The van der Waals surface area contributed by atoms with Crippen LogP contribution in [0.15, 0.2) is 104 Å². The van der Waals surface area contributed by atoms with Gasteiger partial charge in [0, 0.05) is 37.8 Å². The number of unbranched alkanes of at least 4 members (excludes halogenated alkanes) is 3. The lowest BCUT2D eigenvalue weighted by molar-refractivity contribution is -0.194. The summed E-state index contributed by atoms with van der Waals surface area (Å²) in [5.74, 6) is -3.44. The fourth-order valence-electron chi connectivity index (χ4n) is 13.5. The molecule has 0 spiro atoms. The molecule has 10 rings (SSSR count). The molecule has 9 N–H and O–H groups in total. The lowest BCUT2D eigenvalue weighted by Gasteiger charge is -2.37. The smallest absolute Gasteiger partial charge is 0.408 e. The summed E-state index contributed by atoms with van der Waals surface area (Å²) >= 11 is 0. The summed E-state index contributed by atoms with van der Waals surface area (Å²) in [5.41, 5.74) is -2.63. The third-order valence-corrected chi connectivity index (χ3v) is 22.6. The minimum Gasteiger partial charge on any atom is -0.443 e. The lowest BCUT2D eigenvalue weighted by atomic mass is 9.89. The van der Waals surface area contributed by atoms with Gasteiger partial charge in [0.15, 0.2) is 0 Å². The van der Waals surface area contributed by atoms with Crippen LogP contribution in [-0.2, 0) is 66.5 Å². The molecule has 6 amide bonds. The van der Waals surface area contributed by atoms with Crippen molar-refractivity contribution in [3.8, 4) is 11.1 Å². The highest BCUT2D eigenvalue weighted by atomic mass is 32.2. The molecule has 3 heterocycles. The van der Waals surface area contributed by atoms with Crippen molar-refractivity contribution in [2.24, 2.45) is 5.92 Å². The number of likely N-dealkylation sites (tertiary alicyclic amines) is 1. The molecule has 24 heteroatoms. The number of β-amino-alcohol motifs (C(OH)–C–C–N with tert-alkyl or cyclic N) is 1. The minimum atomic E-state index is -3.93. The second-order valence-electron chi connectivity index (χ2n) is 28.8. The van der Waals surface area contributed by atoms with Gasteiger partial charge in [-0.2, -0.15) is 0 Å². The Morgan fingerprint density at radius 2 is 1.61 bits per heavy atom. The van der Waals surface area contributed by atoms with Crippen LogP contribution in [0.2, 0.25) is 0 Å². The molecule has 3 aromatic carbocycles. The van der Waals surface area contributed by atoms with E-state index in [1.807, 2.05) is 85.0 Å². The van der Waals surface area contributed by atoms with Crippen LogP contribution >= 0.6 is 0 Å². The number of alkyl carbamates (subject to hydrolysis) is 1. The molecule has 11 atom stereocenters. The number of amides is 6. The first-order chi connectivity index (χ1) is 44.6. The van der Waals surface area contributed by atoms with Crippen molar-refractivity contribution < 1.29 is 66.2 Å². The summed E-state index contributed by atoms with van der Waals surface area (Å²) in [5, 5.41) is 47.2. The molecule has 6 fully saturated rings. The van der Waals surface area contributed by atoms with Gasteiger partial charge in [0.05, 0.1) is 28.2 Å². The zero-order valence-corrected chi connectivity index (χ0v) is 56.5. The highest BCUT2D eigenvalue weighted by Gasteiger charge is 2.62. The fraction of sp³-hybridized carbons (Fsp3) is 0.600. The molecule has 0 aromatic heterocycles. The number of ether oxygens (including phenoxy) is 2. The topological polar surface area (TPSA) is 311 Å². The third kappa shape index (κ3) is 17.6. The second kappa shape index (κ2) is 29.1. The van der Waals surface area contributed by atoms with Crippen LogP contribution in [0.5, 0.6) is 0 Å². The summed E-state index contributed by atoms with van der Waals surface area (Å²) in [4.78, 5) is 88.9. The molecule has 2 saturated heterocycles. The van der Waals surface area contributed by atoms with Crippen molar-refractivity contribution in [1.29, 1.82) is 0 Å². The average molecular weight is 1340 g/mol. The Balaban J connectivity index is 0.828. The van der Waals surface area contributed by atoms with Gasteiger partial charge in [-0.25, -0.2) is 17.4 Å². The largest absolute Gasteiger partial charge is 0.443 e. The summed E-state index contributed by atoms with van der Waals surface area (Å²) in [6, 6.07) is 20.4. The van der Waals surface area contributed by atoms with Crippen molar-refractivity contribution in [2.75, 3.05) is 13.1 Å². The van der Waals surface area contributed by atoms with Crippen LogP contribution in [0.4, 0.5) is 4.79 Å². The van der Waals surface area contributed by atoms with E-state index >= 15 is 4.79 Å². The van der Waals surface area contributed by atoms with Gasteiger partial charge in [0.2, 0.25) is 34.2 Å². The number of benzene rings is 3. The van der Waals surface area contributed by atoms with Gasteiger partial charge < -0.3 is 45.6 Å². The molecule has 7 aliphatic rings. The molecule has 4 saturated carbocycles. The van der Waals surface area contributed by atoms with Gasteiger partial charge in [-0.3, -0.25) is 43.6 Å². The summed E-state index contributed by atoms with van der Waals surface area (Å²) in [7, 11) is -5.50. The fourth-order valence-corrected chi connectivity index (χ4v) is 16.0. The number of nitrogens with zero attached hydrogens (tertiary/aromatic N) is 2. The standard InChI is InChI=1S/C70H96N8O14S2/c1-7-8-9-11-18-27-55(71-64(85)91-66(2,3)4)61(82)78-44-69(87,42-57(78)59(80)73-68(36-37-68)62(83)76-94(89,90)53-34-35-53)50-30-28-47(29-31-50)48-24-20-21-45(38-48)40-67(5,6)92-65(86)72-54-26-19-13-10-12-17-25-51-41-70(51,63(84)75-93(88)52-32-33-52)74-58(79)56-39-49(43-77(56)60(54)81)46-22-15-14-16-23-46/h7,14-17,20-25,28-31,38,49,51-57,61,64,71,82,85,87H,1,8-13,18-19,26-27,32-37,39-44H2,2-6H3,(H,72,86)(H,73,80)(H,74,79)(H,75,84)(H,76,83)/b25-17-/t49-,51?,54+,55+,56+,57+,61?,64?,69+,70-,93?/m1/s1. The van der Waals surface area contributed by atoms with E-state index in [-0.39, 0.29) is 62.3 Å². The molecule has 94 heavy (non-hydrogen) atoms. The third-order valence-electron chi connectivity index (χ3n) is 19.3. The number of aliphatic hydroxyl groups excluding tert-OH is 2. The van der Waals surface area contributed by atoms with Crippen LogP contribution in [0.25, 0.3) is 11.1 Å². The Bertz CT molecular complexity index is 3430. The SMILES string of the molecule is C=CCCCCC[C@H](NC(O)OC(C)(C)C)C(O)N1C[C@](O)(c2ccc(-c3cccc(CC(C)(C)OC(=O)N[C@H]4CCCCC/C=C\C5C[C@@]5(C(=O)NS(=O)C5CC5)NC(=O)[C@@H]5C[C@@H](c6ccccc6)CN5C4=O)c3)cc2)C[C@H]1C(=O)NC1(C(=O)NS(=O)(=O)C2CC2)CC1. The van der Waals surface area contributed by atoms with Crippen molar-refractivity contribution in [3.63, 3.8) is 0 Å². The van der Waals surface area contributed by atoms with Crippen LogP contribution in [0.1, 0.15) is 179 Å². The van der Waals surface area contributed by atoms with E-state index in [1.54, 1.807) is 46.8 Å². The Kier molecular flexibility index (Phi) is 21.8. The van der Waals surface area contributed by atoms with E-state index in [4.69, 9.17) is 9.47 Å². The second-order valence-corrected chi connectivity index (χ2v) is 32.2. The maximum Gasteiger partial charge on any atom is 0.408 e. The number of hydrogen-bond acceptors (Lipinski definition) is 16. The van der Waals surface area contributed by atoms with Gasteiger partial charge in [0.1, 0.15) is 51.6 Å².